The van der Waals surface area contributed by atoms with Gasteiger partial charge in [0.2, 0.25) is 5.91 Å². The van der Waals surface area contributed by atoms with Crippen LogP contribution in [-0.4, -0.2) is 11.8 Å². The van der Waals surface area contributed by atoms with Crippen LogP contribution in [0.3, 0.4) is 0 Å². The summed E-state index contributed by atoms with van der Waals surface area (Å²) >= 11 is 5.88. The molecule has 0 atom stereocenters. The van der Waals surface area contributed by atoms with Crippen LogP contribution in [0.15, 0.2) is 60.3 Å². The average molecular weight is 356 g/mol. The average Bonchev–Trinajstić information content (AvgIpc) is 2.63. The molecule has 0 unspecified atom stereocenters. The van der Waals surface area contributed by atoms with Gasteiger partial charge in [0, 0.05) is 17.1 Å². The third-order valence-corrected chi connectivity index (χ3v) is 4.16. The molecular formula is C19H18ClN3O2. The highest BCUT2D eigenvalue weighted by Gasteiger charge is 2.24. The summed E-state index contributed by atoms with van der Waals surface area (Å²) in [7, 11) is 0. The van der Waals surface area contributed by atoms with Crippen molar-refractivity contribution in [3.8, 4) is 0 Å². The predicted molar refractivity (Wildman–Crippen MR) is 99.2 cm³/mol. The Bertz CT molecular complexity index is 814. The molecule has 1 aliphatic rings. The molecule has 0 bridgehead atoms. The van der Waals surface area contributed by atoms with Gasteiger partial charge in [0.05, 0.1) is 5.69 Å². The molecule has 0 radical (unpaired) electrons. The summed E-state index contributed by atoms with van der Waals surface area (Å²) in [5.41, 5.74) is 5.73. The van der Waals surface area contributed by atoms with Crippen molar-refractivity contribution >= 4 is 34.8 Å². The number of aryl methyl sites for hydroxylation is 1. The SMILES string of the molecule is CCc1ccc(NC(=O)C2=CCC(=O)N(c3ccc(Cl)cc3)N2)cc1. The van der Waals surface area contributed by atoms with E-state index in [0.29, 0.717) is 22.1 Å². The smallest absolute Gasteiger partial charge is 0.273 e. The van der Waals surface area contributed by atoms with E-state index in [1.807, 2.05) is 24.3 Å². The van der Waals surface area contributed by atoms with E-state index in [9.17, 15) is 9.59 Å². The maximum atomic E-state index is 12.5. The summed E-state index contributed by atoms with van der Waals surface area (Å²) in [6.07, 6.45) is 2.68. The molecule has 2 aromatic carbocycles. The number of halogens is 1. The van der Waals surface area contributed by atoms with E-state index in [2.05, 4.69) is 17.7 Å². The molecule has 2 amide bonds. The molecule has 6 heteroatoms. The van der Waals surface area contributed by atoms with Crippen molar-refractivity contribution in [3.05, 3.63) is 70.9 Å². The predicted octanol–water partition coefficient (Wildman–Crippen LogP) is 3.67. The summed E-state index contributed by atoms with van der Waals surface area (Å²) in [4.78, 5) is 24.6. The van der Waals surface area contributed by atoms with E-state index < -0.39 is 0 Å². The van der Waals surface area contributed by atoms with E-state index in [-0.39, 0.29) is 18.2 Å². The van der Waals surface area contributed by atoms with E-state index in [4.69, 9.17) is 11.6 Å². The normalized spacial score (nSPS) is 13.9. The van der Waals surface area contributed by atoms with Crippen molar-refractivity contribution < 1.29 is 9.59 Å². The van der Waals surface area contributed by atoms with Gasteiger partial charge < -0.3 is 5.32 Å². The summed E-state index contributed by atoms with van der Waals surface area (Å²) in [5.74, 6) is -0.443. The van der Waals surface area contributed by atoms with Crippen molar-refractivity contribution in [2.75, 3.05) is 10.3 Å². The fourth-order valence-corrected chi connectivity index (χ4v) is 2.60. The van der Waals surface area contributed by atoms with Crippen molar-refractivity contribution in [2.45, 2.75) is 19.8 Å². The molecule has 0 aromatic heterocycles. The van der Waals surface area contributed by atoms with E-state index >= 15 is 0 Å². The quantitative estimate of drug-likeness (QED) is 0.879. The first-order valence-corrected chi connectivity index (χ1v) is 8.40. The summed E-state index contributed by atoms with van der Waals surface area (Å²) in [6.45, 7) is 2.08. The fraction of sp³-hybridized carbons (Fsp3) is 0.158. The van der Waals surface area contributed by atoms with Crippen LogP contribution in [0.25, 0.3) is 0 Å². The number of amides is 2. The first-order valence-electron chi connectivity index (χ1n) is 8.02. The highest BCUT2D eigenvalue weighted by molar-refractivity contribution is 6.30. The van der Waals surface area contributed by atoms with Crippen LogP contribution >= 0.6 is 11.6 Å². The Hall–Kier alpha value is -2.79. The highest BCUT2D eigenvalue weighted by Crippen LogP contribution is 2.21. The Labute approximate surface area is 151 Å². The number of hydrogen-bond acceptors (Lipinski definition) is 3. The largest absolute Gasteiger partial charge is 0.321 e. The maximum absolute atomic E-state index is 12.5. The Kier molecular flexibility index (Phi) is 5.05. The lowest BCUT2D eigenvalue weighted by Gasteiger charge is -2.28. The number of anilines is 2. The molecule has 0 aliphatic carbocycles. The van der Waals surface area contributed by atoms with E-state index in [1.165, 1.54) is 10.6 Å². The Balaban J connectivity index is 1.72. The van der Waals surface area contributed by atoms with Crippen LogP contribution < -0.4 is 15.8 Å². The lowest BCUT2D eigenvalue weighted by molar-refractivity contribution is -0.119. The zero-order valence-corrected chi connectivity index (χ0v) is 14.5. The van der Waals surface area contributed by atoms with Gasteiger partial charge >= 0.3 is 0 Å². The highest BCUT2D eigenvalue weighted by atomic mass is 35.5. The molecule has 0 saturated carbocycles. The standard InChI is InChI=1S/C19H18ClN3O2/c1-2-13-3-7-15(8-4-13)21-19(25)17-11-12-18(24)23(22-17)16-9-5-14(20)6-10-16/h3-11,22H,2,12H2,1H3,(H,21,25). The monoisotopic (exact) mass is 355 g/mol. The Morgan fingerprint density at radius 1 is 1.16 bits per heavy atom. The van der Waals surface area contributed by atoms with Crippen molar-refractivity contribution in [1.82, 2.24) is 5.43 Å². The van der Waals surface area contributed by atoms with Gasteiger partial charge in [0.1, 0.15) is 5.70 Å². The molecule has 1 heterocycles. The molecule has 1 aliphatic heterocycles. The van der Waals surface area contributed by atoms with Crippen LogP contribution in [0.4, 0.5) is 11.4 Å². The van der Waals surface area contributed by atoms with Gasteiger partial charge in [-0.05, 0) is 54.5 Å². The molecular weight excluding hydrogens is 338 g/mol. The van der Waals surface area contributed by atoms with Gasteiger partial charge in [0.25, 0.3) is 5.91 Å². The van der Waals surface area contributed by atoms with Gasteiger partial charge in [-0.3, -0.25) is 15.0 Å². The van der Waals surface area contributed by atoms with E-state index in [0.717, 1.165) is 6.42 Å². The van der Waals surface area contributed by atoms with Crippen LogP contribution in [0, 0.1) is 0 Å². The number of hydrogen-bond donors (Lipinski definition) is 2. The van der Waals surface area contributed by atoms with E-state index in [1.54, 1.807) is 30.3 Å². The van der Waals surface area contributed by atoms with Crippen LogP contribution in [-0.2, 0) is 16.0 Å². The van der Waals surface area contributed by atoms with Gasteiger partial charge in [-0.15, -0.1) is 0 Å². The number of benzene rings is 2. The molecule has 0 spiro atoms. The van der Waals surface area contributed by atoms with Crippen molar-refractivity contribution in [1.29, 1.82) is 0 Å². The minimum atomic E-state index is -0.296. The molecule has 2 N–H and O–H groups in total. The fourth-order valence-electron chi connectivity index (χ4n) is 2.47. The lowest BCUT2D eigenvalue weighted by Crippen LogP contribution is -2.47. The topological polar surface area (TPSA) is 61.4 Å². The first-order chi connectivity index (χ1) is 12.1. The molecule has 0 fully saturated rings. The van der Waals surface area contributed by atoms with Crippen LogP contribution in [0.5, 0.6) is 0 Å². The number of hydrazine groups is 1. The summed E-state index contributed by atoms with van der Waals surface area (Å²) in [5, 5.41) is 4.76. The first kappa shape index (κ1) is 17.0. The second kappa shape index (κ2) is 7.40. The second-order valence-corrected chi connectivity index (χ2v) is 6.08. The van der Waals surface area contributed by atoms with Gasteiger partial charge in [-0.25, -0.2) is 5.01 Å². The molecule has 5 nitrogen and oxygen atoms in total. The molecule has 25 heavy (non-hydrogen) atoms. The summed E-state index contributed by atoms with van der Waals surface area (Å²) in [6, 6.07) is 14.5. The lowest BCUT2D eigenvalue weighted by atomic mass is 10.1. The van der Waals surface area contributed by atoms with Crippen molar-refractivity contribution in [3.63, 3.8) is 0 Å². The Morgan fingerprint density at radius 3 is 2.48 bits per heavy atom. The zero-order valence-electron chi connectivity index (χ0n) is 13.8. The number of rotatable bonds is 4. The second-order valence-electron chi connectivity index (χ2n) is 5.64. The number of carbonyl (C=O) groups excluding carboxylic acids is 2. The zero-order chi connectivity index (χ0) is 17.8. The Morgan fingerprint density at radius 2 is 1.84 bits per heavy atom. The summed E-state index contributed by atoms with van der Waals surface area (Å²) < 4.78 is 0. The van der Waals surface area contributed by atoms with Gasteiger partial charge in [0.15, 0.2) is 0 Å². The molecule has 2 aromatic rings. The molecule has 128 valence electrons. The molecule has 3 rings (SSSR count). The number of nitrogens with one attached hydrogen (secondary N) is 2. The third-order valence-electron chi connectivity index (χ3n) is 3.91. The van der Waals surface area contributed by atoms with Crippen LogP contribution in [0.2, 0.25) is 5.02 Å². The number of nitrogens with zero attached hydrogens (tertiary/aromatic N) is 1. The third kappa shape index (κ3) is 4.00. The number of carbonyl (C=O) groups is 2. The molecule has 0 saturated heterocycles. The van der Waals surface area contributed by atoms with Crippen molar-refractivity contribution in [2.24, 2.45) is 0 Å². The maximum Gasteiger partial charge on any atom is 0.273 e. The minimum Gasteiger partial charge on any atom is -0.321 e. The van der Waals surface area contributed by atoms with Gasteiger partial charge in [-0.1, -0.05) is 30.7 Å². The van der Waals surface area contributed by atoms with Gasteiger partial charge in [-0.2, -0.15) is 0 Å². The minimum absolute atomic E-state index is 0.146. The van der Waals surface area contributed by atoms with Crippen LogP contribution in [0.1, 0.15) is 18.9 Å².